The number of nitrogens with zero attached hydrogens (tertiary/aromatic N) is 2. The van der Waals surface area contributed by atoms with Gasteiger partial charge in [-0.2, -0.15) is 0 Å². The van der Waals surface area contributed by atoms with E-state index in [9.17, 15) is 4.79 Å². The van der Waals surface area contributed by atoms with Gasteiger partial charge in [-0.05, 0) is 62.8 Å². The summed E-state index contributed by atoms with van der Waals surface area (Å²) in [5, 5.41) is 2.67. The Morgan fingerprint density at radius 1 is 1.18 bits per heavy atom. The van der Waals surface area contributed by atoms with E-state index in [0.717, 1.165) is 3.57 Å². The minimum atomic E-state index is -0.196. The molecule has 0 radical (unpaired) electrons. The molecule has 0 bridgehead atoms. The SMILES string of the molecule is O=C(Nc1cnc(Br)cn1)c1ccc(I)cc1. The number of amides is 1. The number of aromatic nitrogens is 2. The molecule has 0 aliphatic rings. The van der Waals surface area contributed by atoms with Gasteiger partial charge in [-0.15, -0.1) is 0 Å². The van der Waals surface area contributed by atoms with Crippen molar-refractivity contribution < 1.29 is 4.79 Å². The van der Waals surface area contributed by atoms with Crippen LogP contribution in [0.25, 0.3) is 0 Å². The maximum atomic E-state index is 11.8. The van der Waals surface area contributed by atoms with Crippen LogP contribution in [0.15, 0.2) is 41.3 Å². The number of hydrogen-bond donors (Lipinski definition) is 1. The molecule has 86 valence electrons. The van der Waals surface area contributed by atoms with E-state index >= 15 is 0 Å². The van der Waals surface area contributed by atoms with Crippen LogP contribution >= 0.6 is 38.5 Å². The van der Waals surface area contributed by atoms with E-state index in [4.69, 9.17) is 0 Å². The second-order valence-corrected chi connectivity index (χ2v) is 5.24. The molecule has 0 unspecified atom stereocenters. The van der Waals surface area contributed by atoms with Crippen LogP contribution in [0.2, 0.25) is 0 Å². The van der Waals surface area contributed by atoms with Crippen LogP contribution < -0.4 is 5.32 Å². The molecule has 0 aliphatic heterocycles. The molecule has 0 saturated heterocycles. The highest BCUT2D eigenvalue weighted by Crippen LogP contribution is 2.10. The van der Waals surface area contributed by atoms with Gasteiger partial charge < -0.3 is 5.32 Å². The summed E-state index contributed by atoms with van der Waals surface area (Å²) in [7, 11) is 0. The molecule has 0 fully saturated rings. The normalized spacial score (nSPS) is 10.0. The number of carbonyl (C=O) groups is 1. The number of rotatable bonds is 2. The quantitative estimate of drug-likeness (QED) is 0.784. The molecule has 17 heavy (non-hydrogen) atoms. The molecule has 4 nitrogen and oxygen atoms in total. The predicted octanol–water partition coefficient (Wildman–Crippen LogP) is 3.10. The Morgan fingerprint density at radius 2 is 1.88 bits per heavy atom. The second kappa shape index (κ2) is 5.54. The van der Waals surface area contributed by atoms with Gasteiger partial charge in [-0.25, -0.2) is 9.97 Å². The van der Waals surface area contributed by atoms with Crippen LogP contribution in [-0.4, -0.2) is 15.9 Å². The minimum absolute atomic E-state index is 0.196. The van der Waals surface area contributed by atoms with Crippen molar-refractivity contribution >= 4 is 50.2 Å². The molecule has 2 rings (SSSR count). The Bertz CT molecular complexity index is 527. The fourth-order valence-electron chi connectivity index (χ4n) is 1.17. The standard InChI is InChI=1S/C11H7BrIN3O/c12-9-5-15-10(6-14-9)16-11(17)7-1-3-8(13)4-2-7/h1-6H,(H,15,16,17). The van der Waals surface area contributed by atoms with Gasteiger partial charge in [0.15, 0.2) is 5.82 Å². The van der Waals surface area contributed by atoms with E-state index < -0.39 is 0 Å². The zero-order chi connectivity index (χ0) is 12.3. The highest BCUT2D eigenvalue weighted by atomic mass is 127. The first-order valence-corrected chi connectivity index (χ1v) is 6.57. The van der Waals surface area contributed by atoms with Crippen molar-refractivity contribution in [1.82, 2.24) is 9.97 Å². The third kappa shape index (κ3) is 3.47. The van der Waals surface area contributed by atoms with Crippen molar-refractivity contribution in [3.63, 3.8) is 0 Å². The first kappa shape index (κ1) is 12.4. The van der Waals surface area contributed by atoms with E-state index in [1.54, 1.807) is 12.1 Å². The van der Waals surface area contributed by atoms with Gasteiger partial charge in [-0.3, -0.25) is 4.79 Å². The number of hydrogen-bond acceptors (Lipinski definition) is 3. The first-order chi connectivity index (χ1) is 8.15. The number of benzene rings is 1. The van der Waals surface area contributed by atoms with Crippen LogP contribution in [0, 0.1) is 3.57 Å². The topological polar surface area (TPSA) is 54.9 Å². The molecule has 6 heteroatoms. The zero-order valence-electron chi connectivity index (χ0n) is 8.52. The molecule has 0 spiro atoms. The smallest absolute Gasteiger partial charge is 0.256 e. The Kier molecular flexibility index (Phi) is 4.06. The van der Waals surface area contributed by atoms with Crippen LogP contribution in [0.1, 0.15) is 10.4 Å². The van der Waals surface area contributed by atoms with Crippen LogP contribution in [0.4, 0.5) is 5.82 Å². The molecule has 0 atom stereocenters. The Labute approximate surface area is 120 Å². The van der Waals surface area contributed by atoms with E-state index in [2.05, 4.69) is 53.8 Å². The predicted molar refractivity (Wildman–Crippen MR) is 76.8 cm³/mol. The molecule has 1 heterocycles. The fourth-order valence-corrected chi connectivity index (χ4v) is 1.73. The maximum absolute atomic E-state index is 11.8. The van der Waals surface area contributed by atoms with E-state index in [-0.39, 0.29) is 5.91 Å². The summed E-state index contributed by atoms with van der Waals surface area (Å²) in [5.74, 6) is 0.231. The average Bonchev–Trinajstić information content (AvgIpc) is 2.33. The summed E-state index contributed by atoms with van der Waals surface area (Å²) >= 11 is 5.37. The molecule has 1 aromatic carbocycles. The zero-order valence-corrected chi connectivity index (χ0v) is 12.3. The third-order valence-corrected chi connectivity index (χ3v) is 3.10. The first-order valence-electron chi connectivity index (χ1n) is 4.69. The Balaban J connectivity index is 2.11. The molecule has 1 N–H and O–H groups in total. The average molecular weight is 404 g/mol. The molecule has 0 aliphatic carbocycles. The van der Waals surface area contributed by atoms with Gasteiger partial charge in [-0.1, -0.05) is 0 Å². The van der Waals surface area contributed by atoms with E-state index in [0.29, 0.717) is 16.0 Å². The second-order valence-electron chi connectivity index (χ2n) is 3.19. The molecule has 1 aromatic heterocycles. The highest BCUT2D eigenvalue weighted by Gasteiger charge is 2.06. The van der Waals surface area contributed by atoms with Gasteiger partial charge in [0.1, 0.15) is 4.60 Å². The van der Waals surface area contributed by atoms with Crippen molar-refractivity contribution in [3.05, 3.63) is 50.4 Å². The minimum Gasteiger partial charge on any atom is -0.305 e. The molecule has 0 saturated carbocycles. The largest absolute Gasteiger partial charge is 0.305 e. The van der Waals surface area contributed by atoms with Crippen LogP contribution in [0.3, 0.4) is 0 Å². The summed E-state index contributed by atoms with van der Waals surface area (Å²) in [5.41, 5.74) is 0.593. The van der Waals surface area contributed by atoms with Crippen molar-refractivity contribution in [1.29, 1.82) is 0 Å². The summed E-state index contributed by atoms with van der Waals surface area (Å²) in [6.07, 6.45) is 3.03. The van der Waals surface area contributed by atoms with Crippen molar-refractivity contribution in [2.24, 2.45) is 0 Å². The van der Waals surface area contributed by atoms with Gasteiger partial charge in [0.05, 0.1) is 12.4 Å². The summed E-state index contributed by atoms with van der Waals surface area (Å²) < 4.78 is 1.72. The number of nitrogens with one attached hydrogen (secondary N) is 1. The van der Waals surface area contributed by atoms with Crippen molar-refractivity contribution in [2.45, 2.75) is 0 Å². The Hall–Kier alpha value is -1.02. The summed E-state index contributed by atoms with van der Waals surface area (Å²) in [6, 6.07) is 7.29. The number of anilines is 1. The molecular formula is C11H7BrIN3O. The lowest BCUT2D eigenvalue weighted by molar-refractivity contribution is 0.102. The van der Waals surface area contributed by atoms with Gasteiger partial charge in [0, 0.05) is 9.13 Å². The van der Waals surface area contributed by atoms with E-state index in [1.807, 2.05) is 12.1 Å². The Morgan fingerprint density at radius 3 is 2.47 bits per heavy atom. The monoisotopic (exact) mass is 403 g/mol. The molecule has 1 amide bonds. The van der Waals surface area contributed by atoms with Crippen molar-refractivity contribution in [3.8, 4) is 0 Å². The number of carbonyl (C=O) groups excluding carboxylic acids is 1. The van der Waals surface area contributed by atoms with Gasteiger partial charge in [0.2, 0.25) is 0 Å². The van der Waals surface area contributed by atoms with Crippen LogP contribution in [-0.2, 0) is 0 Å². The number of halogens is 2. The highest BCUT2D eigenvalue weighted by molar-refractivity contribution is 14.1. The van der Waals surface area contributed by atoms with Crippen LogP contribution in [0.5, 0.6) is 0 Å². The van der Waals surface area contributed by atoms with Gasteiger partial charge in [0.25, 0.3) is 5.91 Å². The summed E-state index contributed by atoms with van der Waals surface area (Å²) in [6.45, 7) is 0. The fraction of sp³-hybridized carbons (Fsp3) is 0. The lowest BCUT2D eigenvalue weighted by atomic mass is 10.2. The summed E-state index contributed by atoms with van der Waals surface area (Å²) in [4.78, 5) is 19.8. The maximum Gasteiger partial charge on any atom is 0.256 e. The lowest BCUT2D eigenvalue weighted by Gasteiger charge is -2.03. The lowest BCUT2D eigenvalue weighted by Crippen LogP contribution is -2.13. The molecular weight excluding hydrogens is 397 g/mol. The third-order valence-electron chi connectivity index (χ3n) is 1.97. The van der Waals surface area contributed by atoms with Crippen molar-refractivity contribution in [2.75, 3.05) is 5.32 Å². The van der Waals surface area contributed by atoms with E-state index in [1.165, 1.54) is 12.4 Å². The molecule has 2 aromatic rings. The van der Waals surface area contributed by atoms with Gasteiger partial charge >= 0.3 is 0 Å².